The zero-order valence-corrected chi connectivity index (χ0v) is 34.4. The van der Waals surface area contributed by atoms with Crippen LogP contribution in [0.5, 0.6) is 0 Å². The zero-order chi connectivity index (χ0) is 41.4. The molecule has 0 aliphatic carbocycles. The lowest BCUT2D eigenvalue weighted by molar-refractivity contribution is 1.17. The van der Waals surface area contributed by atoms with Gasteiger partial charge in [0, 0.05) is 49.4 Å². The van der Waals surface area contributed by atoms with Gasteiger partial charge in [-0.1, -0.05) is 158 Å². The van der Waals surface area contributed by atoms with Gasteiger partial charge in [0.1, 0.15) is 0 Å². The van der Waals surface area contributed by atoms with Crippen molar-refractivity contribution in [3.8, 4) is 50.4 Å². The summed E-state index contributed by atoms with van der Waals surface area (Å²) in [7, 11) is 0. The van der Waals surface area contributed by atoms with Crippen molar-refractivity contribution in [1.29, 1.82) is 0 Å². The lowest BCUT2D eigenvalue weighted by atomic mass is 10.00. The maximum absolute atomic E-state index is 2.47. The van der Waals surface area contributed by atoms with Crippen LogP contribution in [0, 0.1) is 0 Å². The molecule has 3 nitrogen and oxygen atoms in total. The van der Waals surface area contributed by atoms with Crippen molar-refractivity contribution in [1.82, 2.24) is 13.7 Å². The molecule has 13 rings (SSSR count). The van der Waals surface area contributed by atoms with E-state index in [0.29, 0.717) is 0 Å². The average Bonchev–Trinajstić information content (AvgIpc) is 4.00. The first-order valence-corrected chi connectivity index (χ1v) is 21.7. The second kappa shape index (κ2) is 14.1. The second-order valence-corrected chi connectivity index (χ2v) is 16.5. The highest BCUT2D eigenvalue weighted by molar-refractivity contribution is 6.29. The molecule has 0 saturated heterocycles. The maximum Gasteiger partial charge on any atom is 0.0548 e. The summed E-state index contributed by atoms with van der Waals surface area (Å²) >= 11 is 0. The summed E-state index contributed by atoms with van der Waals surface area (Å²) in [5, 5.41) is 7.49. The Balaban J connectivity index is 1.08. The van der Waals surface area contributed by atoms with E-state index in [9.17, 15) is 0 Å². The number of para-hydroxylation sites is 3. The predicted octanol–water partition coefficient (Wildman–Crippen LogP) is 16.0. The van der Waals surface area contributed by atoms with Crippen LogP contribution in [0.4, 0.5) is 0 Å². The van der Waals surface area contributed by atoms with Crippen molar-refractivity contribution in [2.24, 2.45) is 0 Å². The van der Waals surface area contributed by atoms with Crippen LogP contribution < -0.4 is 0 Å². The van der Waals surface area contributed by atoms with E-state index in [0.717, 1.165) is 17.1 Å². The summed E-state index contributed by atoms with van der Waals surface area (Å²) in [4.78, 5) is 0. The lowest BCUT2D eigenvalue weighted by Gasteiger charge is -2.12. The molecule has 0 radical (unpaired) electrons. The molecule has 0 N–H and O–H groups in total. The third-order valence-corrected chi connectivity index (χ3v) is 13.0. The van der Waals surface area contributed by atoms with Gasteiger partial charge in [-0.25, -0.2) is 0 Å². The Kier molecular flexibility index (Phi) is 7.91. The second-order valence-electron chi connectivity index (χ2n) is 16.5. The van der Waals surface area contributed by atoms with Crippen molar-refractivity contribution in [2.75, 3.05) is 0 Å². The molecule has 63 heavy (non-hydrogen) atoms. The number of fused-ring (bicyclic) bond motifs is 10. The highest BCUT2D eigenvalue weighted by Gasteiger charge is 2.22. The molecule has 0 bridgehead atoms. The third-order valence-electron chi connectivity index (χ3n) is 13.0. The van der Waals surface area contributed by atoms with Crippen molar-refractivity contribution < 1.29 is 0 Å². The predicted molar refractivity (Wildman–Crippen MR) is 266 cm³/mol. The normalized spacial score (nSPS) is 11.8. The Morgan fingerprint density at radius 1 is 0.190 bits per heavy atom. The zero-order valence-electron chi connectivity index (χ0n) is 34.4. The van der Waals surface area contributed by atoms with Gasteiger partial charge in [-0.3, -0.25) is 0 Å². The molecule has 294 valence electrons. The lowest BCUT2D eigenvalue weighted by Crippen LogP contribution is -1.96. The summed E-state index contributed by atoms with van der Waals surface area (Å²) in [6, 6.07) is 86.5. The molecular weight excluding hydrogens is 763 g/mol. The van der Waals surface area contributed by atoms with Crippen molar-refractivity contribution in [2.45, 2.75) is 0 Å². The van der Waals surface area contributed by atoms with Gasteiger partial charge >= 0.3 is 0 Å². The summed E-state index contributed by atoms with van der Waals surface area (Å²) in [5.74, 6) is 0. The first kappa shape index (κ1) is 35.4. The first-order chi connectivity index (χ1) is 31.3. The van der Waals surface area contributed by atoms with E-state index in [1.165, 1.54) is 98.8 Å². The van der Waals surface area contributed by atoms with Crippen molar-refractivity contribution in [3.63, 3.8) is 0 Å². The number of rotatable bonds is 6. The molecular formula is C60H39N3. The van der Waals surface area contributed by atoms with Crippen LogP contribution in [0.2, 0.25) is 0 Å². The molecule has 0 atom stereocenters. The van der Waals surface area contributed by atoms with E-state index < -0.39 is 0 Å². The molecule has 3 heterocycles. The summed E-state index contributed by atoms with van der Waals surface area (Å²) in [6.07, 6.45) is 0. The van der Waals surface area contributed by atoms with E-state index in [2.05, 4.69) is 250 Å². The summed E-state index contributed by atoms with van der Waals surface area (Å²) in [5.41, 5.74) is 17.7. The molecule has 0 saturated carbocycles. The monoisotopic (exact) mass is 801 g/mol. The molecule has 3 aromatic heterocycles. The topological polar surface area (TPSA) is 14.8 Å². The van der Waals surface area contributed by atoms with Crippen LogP contribution >= 0.6 is 0 Å². The Bertz CT molecular complexity index is 3850. The molecule has 0 amide bonds. The van der Waals surface area contributed by atoms with E-state index in [4.69, 9.17) is 0 Å². The number of benzene rings is 10. The van der Waals surface area contributed by atoms with Gasteiger partial charge in [0.25, 0.3) is 0 Å². The number of hydrogen-bond acceptors (Lipinski definition) is 0. The summed E-state index contributed by atoms with van der Waals surface area (Å²) < 4.78 is 7.33. The van der Waals surface area contributed by atoms with Crippen LogP contribution in [0.3, 0.4) is 0 Å². The standard InChI is InChI=1S/C60H39N3/c1-3-16-40(17-4-1)42-20-13-24-47(36-42)62-55-31-12-9-28-51(55)59-57(62)34-35-58-60(59)52-39-45(32-33-56(52)63(58)48-25-14-21-43(37-48)41-18-5-2-6-19-41)44-22-15-23-46(38-44)61-53-29-10-7-26-49(53)50-27-8-11-30-54(50)61/h1-39H. The molecule has 0 aliphatic rings. The molecule has 0 fully saturated rings. The van der Waals surface area contributed by atoms with Gasteiger partial charge in [-0.05, 0) is 112 Å². The fourth-order valence-corrected chi connectivity index (χ4v) is 10.2. The highest BCUT2D eigenvalue weighted by atomic mass is 15.0. The van der Waals surface area contributed by atoms with E-state index in [-0.39, 0.29) is 0 Å². The number of nitrogens with zero attached hydrogens (tertiary/aromatic N) is 3. The van der Waals surface area contributed by atoms with Crippen molar-refractivity contribution in [3.05, 3.63) is 237 Å². The molecule has 3 heteroatoms. The smallest absolute Gasteiger partial charge is 0.0548 e. The molecule has 0 unspecified atom stereocenters. The fraction of sp³-hybridized carbons (Fsp3) is 0. The van der Waals surface area contributed by atoms with Gasteiger partial charge in [0.05, 0.1) is 33.1 Å². The molecule has 0 spiro atoms. The maximum atomic E-state index is 2.47. The Morgan fingerprint density at radius 3 is 1.03 bits per heavy atom. The Hall–Kier alpha value is -8.40. The minimum atomic E-state index is 1.14. The minimum Gasteiger partial charge on any atom is -0.309 e. The van der Waals surface area contributed by atoms with E-state index in [1.54, 1.807) is 0 Å². The van der Waals surface area contributed by atoms with Gasteiger partial charge in [0.15, 0.2) is 0 Å². The molecule has 0 aliphatic heterocycles. The SMILES string of the molecule is c1ccc(-c2cccc(-n3c4ccccc4c4c5c6cc(-c7cccc(-n8c9ccccc9c9ccccc98)c7)ccc6n(-c6cccc(-c7ccccc7)c6)c5ccc43)c2)cc1. The third kappa shape index (κ3) is 5.53. The molecule has 13 aromatic rings. The average molecular weight is 802 g/mol. The van der Waals surface area contributed by atoms with Gasteiger partial charge in [0.2, 0.25) is 0 Å². The van der Waals surface area contributed by atoms with Crippen LogP contribution in [-0.2, 0) is 0 Å². The van der Waals surface area contributed by atoms with Crippen LogP contribution in [0.25, 0.3) is 116 Å². The van der Waals surface area contributed by atoms with Gasteiger partial charge in [-0.2, -0.15) is 0 Å². The largest absolute Gasteiger partial charge is 0.309 e. The van der Waals surface area contributed by atoms with E-state index in [1.807, 2.05) is 0 Å². The molecule has 10 aromatic carbocycles. The number of aromatic nitrogens is 3. The quantitative estimate of drug-likeness (QED) is 0.159. The summed E-state index contributed by atoms with van der Waals surface area (Å²) in [6.45, 7) is 0. The van der Waals surface area contributed by atoms with Gasteiger partial charge in [-0.15, -0.1) is 0 Å². The first-order valence-electron chi connectivity index (χ1n) is 21.7. The number of hydrogen-bond donors (Lipinski definition) is 0. The highest BCUT2D eigenvalue weighted by Crippen LogP contribution is 2.44. The Morgan fingerprint density at radius 2 is 0.524 bits per heavy atom. The van der Waals surface area contributed by atoms with Gasteiger partial charge < -0.3 is 13.7 Å². The van der Waals surface area contributed by atoms with Crippen LogP contribution in [0.1, 0.15) is 0 Å². The fourth-order valence-electron chi connectivity index (χ4n) is 10.2. The van der Waals surface area contributed by atoms with Crippen LogP contribution in [0.15, 0.2) is 237 Å². The minimum absolute atomic E-state index is 1.14. The van der Waals surface area contributed by atoms with Crippen molar-refractivity contribution >= 4 is 65.4 Å². The van der Waals surface area contributed by atoms with Crippen LogP contribution in [-0.4, -0.2) is 13.7 Å². The van der Waals surface area contributed by atoms with E-state index >= 15 is 0 Å². The Labute approximate surface area is 364 Å².